The summed E-state index contributed by atoms with van der Waals surface area (Å²) >= 11 is 0. The highest BCUT2D eigenvalue weighted by Gasteiger charge is 2.24. The fourth-order valence-corrected chi connectivity index (χ4v) is 3.36. The predicted molar refractivity (Wildman–Crippen MR) is 88.0 cm³/mol. The Kier molecular flexibility index (Phi) is 5.97. The lowest BCUT2D eigenvalue weighted by Crippen LogP contribution is -2.40. The number of aliphatic hydroxyl groups is 1. The van der Waals surface area contributed by atoms with Crippen molar-refractivity contribution in [1.29, 1.82) is 0 Å². The van der Waals surface area contributed by atoms with Crippen LogP contribution in [0.2, 0.25) is 0 Å². The maximum atomic E-state index is 11.5. The van der Waals surface area contributed by atoms with Crippen LogP contribution in [0.3, 0.4) is 0 Å². The molecule has 1 aromatic rings. The van der Waals surface area contributed by atoms with Gasteiger partial charge in [0.1, 0.15) is 0 Å². The Hall–Kier alpha value is -0.950. The molecule has 0 amide bonds. The van der Waals surface area contributed by atoms with E-state index in [4.69, 9.17) is 0 Å². The highest BCUT2D eigenvalue weighted by Crippen LogP contribution is 2.21. The third-order valence-electron chi connectivity index (χ3n) is 4.40. The molecule has 0 radical (unpaired) electrons. The van der Waals surface area contributed by atoms with Crippen LogP contribution < -0.4 is 0 Å². The molecular weight excluding hydrogens is 300 g/mol. The van der Waals surface area contributed by atoms with Crippen molar-refractivity contribution in [1.82, 2.24) is 9.21 Å². The molecule has 1 saturated heterocycles. The van der Waals surface area contributed by atoms with Crippen LogP contribution in [0.1, 0.15) is 24.5 Å². The van der Waals surface area contributed by atoms with Crippen molar-refractivity contribution in [3.63, 3.8) is 0 Å². The number of rotatable bonds is 6. The first kappa shape index (κ1) is 17.4. The first-order valence-corrected chi connectivity index (χ1v) is 9.58. The largest absolute Gasteiger partial charge is 0.387 e. The molecule has 1 atom stereocenters. The highest BCUT2D eigenvalue weighted by atomic mass is 32.2. The molecule has 22 heavy (non-hydrogen) atoms. The molecule has 1 aliphatic rings. The van der Waals surface area contributed by atoms with Crippen molar-refractivity contribution in [2.24, 2.45) is 5.92 Å². The molecule has 1 heterocycles. The second-order valence-corrected chi connectivity index (χ2v) is 8.30. The summed E-state index contributed by atoms with van der Waals surface area (Å²) in [5, 5.41) is 10.3. The molecule has 1 aromatic carbocycles. The van der Waals surface area contributed by atoms with E-state index in [-0.39, 0.29) is 0 Å². The third kappa shape index (κ3) is 5.05. The number of hydrogen-bond acceptors (Lipinski definition) is 4. The summed E-state index contributed by atoms with van der Waals surface area (Å²) in [6.07, 6.45) is 2.73. The third-order valence-corrected chi connectivity index (χ3v) is 5.69. The lowest BCUT2D eigenvalue weighted by atomic mass is 9.96. The van der Waals surface area contributed by atoms with Crippen LogP contribution in [-0.4, -0.2) is 62.2 Å². The fraction of sp³-hybridized carbons (Fsp3) is 0.625. The van der Waals surface area contributed by atoms with Crippen LogP contribution in [0, 0.1) is 5.92 Å². The van der Waals surface area contributed by atoms with Crippen LogP contribution in [0.25, 0.3) is 0 Å². The molecule has 6 heteroatoms. The van der Waals surface area contributed by atoms with Gasteiger partial charge in [-0.1, -0.05) is 30.3 Å². The summed E-state index contributed by atoms with van der Waals surface area (Å²) in [5.74, 6) is 0.407. The van der Waals surface area contributed by atoms with Crippen molar-refractivity contribution in [3.05, 3.63) is 35.9 Å². The van der Waals surface area contributed by atoms with E-state index in [2.05, 4.69) is 4.90 Å². The van der Waals surface area contributed by atoms with Crippen molar-refractivity contribution >= 4 is 10.0 Å². The van der Waals surface area contributed by atoms with E-state index < -0.39 is 16.1 Å². The van der Waals surface area contributed by atoms with Gasteiger partial charge < -0.3 is 10.0 Å². The number of β-amino-alcohol motifs (C(OH)–C–C–N with tert-alkyl or cyclic N) is 1. The Morgan fingerprint density at radius 3 is 2.41 bits per heavy atom. The molecule has 124 valence electrons. The molecule has 2 rings (SSSR count). The molecule has 1 N–H and O–H groups in total. The number of hydrogen-bond donors (Lipinski definition) is 1. The molecule has 1 fully saturated rings. The number of nitrogens with zero attached hydrogens (tertiary/aromatic N) is 2. The smallest absolute Gasteiger partial charge is 0.210 e. The molecule has 0 spiro atoms. The Balaban J connectivity index is 1.78. The Morgan fingerprint density at radius 2 is 1.86 bits per heavy atom. The first-order valence-electron chi connectivity index (χ1n) is 7.73. The van der Waals surface area contributed by atoms with E-state index in [1.807, 2.05) is 30.3 Å². The highest BCUT2D eigenvalue weighted by molar-refractivity contribution is 7.88. The zero-order valence-corrected chi connectivity index (χ0v) is 14.2. The second-order valence-electron chi connectivity index (χ2n) is 6.21. The van der Waals surface area contributed by atoms with Gasteiger partial charge in [-0.15, -0.1) is 0 Å². The molecule has 0 bridgehead atoms. The van der Waals surface area contributed by atoms with Crippen molar-refractivity contribution in [3.8, 4) is 0 Å². The normalized spacial score (nSPS) is 19.5. The number of sulfonamides is 1. The summed E-state index contributed by atoms with van der Waals surface area (Å²) in [6.45, 7) is 3.05. The van der Waals surface area contributed by atoms with Gasteiger partial charge >= 0.3 is 0 Å². The van der Waals surface area contributed by atoms with Gasteiger partial charge in [0, 0.05) is 20.1 Å². The van der Waals surface area contributed by atoms with Crippen LogP contribution in [0.15, 0.2) is 30.3 Å². The fourth-order valence-electron chi connectivity index (χ4n) is 2.88. The first-order chi connectivity index (χ1) is 10.4. The topological polar surface area (TPSA) is 60.9 Å². The van der Waals surface area contributed by atoms with Gasteiger partial charge in [-0.25, -0.2) is 12.7 Å². The van der Waals surface area contributed by atoms with Gasteiger partial charge in [0.25, 0.3) is 0 Å². The van der Waals surface area contributed by atoms with E-state index in [0.29, 0.717) is 19.0 Å². The Bertz CT molecular complexity index is 554. The SMILES string of the molecule is CN(CC1CCN(C[C@H](O)c2ccccc2)CC1)S(C)(=O)=O. The standard InChI is InChI=1S/C16H26N2O3S/c1-17(22(2,20)21)12-14-8-10-18(11-9-14)13-16(19)15-6-4-3-5-7-15/h3-7,14,16,19H,8-13H2,1-2H3/t16-/m0/s1. The van der Waals surface area contributed by atoms with E-state index >= 15 is 0 Å². The average molecular weight is 326 g/mol. The van der Waals surface area contributed by atoms with Gasteiger partial charge in [-0.3, -0.25) is 0 Å². The Labute approximate surface area is 133 Å². The number of likely N-dealkylation sites (tertiary alicyclic amines) is 1. The molecule has 0 aromatic heterocycles. The maximum Gasteiger partial charge on any atom is 0.210 e. The minimum Gasteiger partial charge on any atom is -0.387 e. The molecule has 0 unspecified atom stereocenters. The van der Waals surface area contributed by atoms with Crippen molar-refractivity contribution < 1.29 is 13.5 Å². The van der Waals surface area contributed by atoms with Crippen molar-refractivity contribution in [2.75, 3.05) is 39.5 Å². The summed E-state index contributed by atoms with van der Waals surface area (Å²) in [7, 11) is -1.45. The Morgan fingerprint density at radius 1 is 1.27 bits per heavy atom. The average Bonchev–Trinajstić information content (AvgIpc) is 2.49. The van der Waals surface area contributed by atoms with Gasteiger partial charge in [-0.2, -0.15) is 0 Å². The zero-order valence-electron chi connectivity index (χ0n) is 13.4. The molecule has 1 aliphatic heterocycles. The maximum absolute atomic E-state index is 11.5. The predicted octanol–water partition coefficient (Wildman–Crippen LogP) is 1.32. The second kappa shape index (κ2) is 7.55. The quantitative estimate of drug-likeness (QED) is 0.856. The number of piperidine rings is 1. The summed E-state index contributed by atoms with van der Waals surface area (Å²) < 4.78 is 24.3. The minimum absolute atomic E-state index is 0.407. The monoisotopic (exact) mass is 326 g/mol. The minimum atomic E-state index is -3.09. The van der Waals surface area contributed by atoms with E-state index in [9.17, 15) is 13.5 Å². The van der Waals surface area contributed by atoms with Crippen LogP contribution in [-0.2, 0) is 10.0 Å². The van der Waals surface area contributed by atoms with Crippen LogP contribution >= 0.6 is 0 Å². The van der Waals surface area contributed by atoms with Gasteiger partial charge in [0.05, 0.1) is 12.4 Å². The summed E-state index contributed by atoms with van der Waals surface area (Å²) in [4.78, 5) is 2.26. The molecular formula is C16H26N2O3S. The number of aliphatic hydroxyl groups excluding tert-OH is 1. The number of benzene rings is 1. The van der Waals surface area contributed by atoms with Crippen molar-refractivity contribution in [2.45, 2.75) is 18.9 Å². The van der Waals surface area contributed by atoms with Crippen LogP contribution in [0.5, 0.6) is 0 Å². The van der Waals surface area contributed by atoms with E-state index in [1.165, 1.54) is 10.6 Å². The van der Waals surface area contributed by atoms with E-state index in [0.717, 1.165) is 31.5 Å². The lowest BCUT2D eigenvalue weighted by Gasteiger charge is -2.34. The van der Waals surface area contributed by atoms with Gasteiger partial charge in [0.2, 0.25) is 10.0 Å². The van der Waals surface area contributed by atoms with Crippen LogP contribution in [0.4, 0.5) is 0 Å². The summed E-state index contributed by atoms with van der Waals surface area (Å²) in [5.41, 5.74) is 0.946. The van der Waals surface area contributed by atoms with E-state index in [1.54, 1.807) is 7.05 Å². The summed E-state index contributed by atoms with van der Waals surface area (Å²) in [6, 6.07) is 9.70. The lowest BCUT2D eigenvalue weighted by molar-refractivity contribution is 0.0869. The molecule has 0 saturated carbocycles. The van der Waals surface area contributed by atoms with Gasteiger partial charge in [-0.05, 0) is 37.4 Å². The van der Waals surface area contributed by atoms with Gasteiger partial charge in [0.15, 0.2) is 0 Å². The zero-order chi connectivity index (χ0) is 16.2. The molecule has 5 nitrogen and oxygen atoms in total. The molecule has 0 aliphatic carbocycles.